The van der Waals surface area contributed by atoms with Gasteiger partial charge in [-0.3, -0.25) is 4.98 Å². The molecule has 5 heteroatoms. The van der Waals surface area contributed by atoms with E-state index in [4.69, 9.17) is 9.15 Å². The summed E-state index contributed by atoms with van der Waals surface area (Å²) in [5.74, 6) is 7.74. The topological polar surface area (TPSA) is 61.0 Å². The van der Waals surface area contributed by atoms with Crippen LogP contribution in [0.25, 0.3) is 11.5 Å². The van der Waals surface area contributed by atoms with Gasteiger partial charge in [-0.1, -0.05) is 41.4 Å². The third kappa shape index (κ3) is 3.60. The molecule has 5 nitrogen and oxygen atoms in total. The van der Waals surface area contributed by atoms with Crippen LogP contribution in [0.4, 0.5) is 0 Å². The van der Waals surface area contributed by atoms with Gasteiger partial charge in [0.05, 0.1) is 5.56 Å². The zero-order chi connectivity index (χ0) is 17.6. The lowest BCUT2D eigenvalue weighted by molar-refractivity contribution is 0.479. The predicted octanol–water partition coefficient (Wildman–Crippen LogP) is 4.32. The van der Waals surface area contributed by atoms with E-state index in [1.165, 1.54) is 0 Å². The number of ether oxygens (including phenoxy) is 1. The van der Waals surface area contributed by atoms with Crippen LogP contribution in [-0.2, 0) is 0 Å². The minimum atomic E-state index is 0.235. The Labute approximate surface area is 150 Å². The molecule has 2 aromatic heterocycles. The summed E-state index contributed by atoms with van der Waals surface area (Å²) in [5.41, 5.74) is 1.48. The SMILES string of the molecule is C(#Cc1nnc(-c2ccccc2Oc2ccccc2)o1)c1cccnc1. The highest BCUT2D eigenvalue weighted by Gasteiger charge is 2.13. The minimum absolute atomic E-state index is 0.235. The van der Waals surface area contributed by atoms with Gasteiger partial charge < -0.3 is 9.15 Å². The Hall–Kier alpha value is -3.91. The molecule has 0 fully saturated rings. The molecule has 0 unspecified atom stereocenters. The lowest BCUT2D eigenvalue weighted by atomic mass is 10.2. The van der Waals surface area contributed by atoms with Crippen molar-refractivity contribution < 1.29 is 9.15 Å². The standard InChI is InChI=1S/C21H13N3O2/c1-2-8-17(9-3-1)25-19-11-5-4-10-18(19)21-24-23-20(26-21)13-12-16-7-6-14-22-15-16/h1-11,14-15H. The summed E-state index contributed by atoms with van der Waals surface area (Å²) in [6.45, 7) is 0. The van der Waals surface area contributed by atoms with Crippen molar-refractivity contribution in [1.29, 1.82) is 0 Å². The van der Waals surface area contributed by atoms with Crippen molar-refractivity contribution in [2.75, 3.05) is 0 Å². The van der Waals surface area contributed by atoms with Crippen LogP contribution in [-0.4, -0.2) is 15.2 Å². The molecule has 0 radical (unpaired) electrons. The van der Waals surface area contributed by atoms with Gasteiger partial charge >= 0.3 is 0 Å². The van der Waals surface area contributed by atoms with Crippen molar-refractivity contribution in [3.8, 4) is 34.8 Å². The van der Waals surface area contributed by atoms with E-state index in [9.17, 15) is 0 Å². The molecule has 26 heavy (non-hydrogen) atoms. The third-order valence-electron chi connectivity index (χ3n) is 3.49. The number of rotatable bonds is 3. The van der Waals surface area contributed by atoms with Crippen LogP contribution >= 0.6 is 0 Å². The van der Waals surface area contributed by atoms with E-state index < -0.39 is 0 Å². The number of nitrogens with zero attached hydrogens (tertiary/aromatic N) is 3. The highest BCUT2D eigenvalue weighted by Crippen LogP contribution is 2.32. The molecule has 2 aromatic carbocycles. The van der Waals surface area contributed by atoms with Gasteiger partial charge in [-0.25, -0.2) is 0 Å². The number of hydrogen-bond acceptors (Lipinski definition) is 5. The lowest BCUT2D eigenvalue weighted by Crippen LogP contribution is -1.88. The highest BCUT2D eigenvalue weighted by atomic mass is 16.5. The zero-order valence-electron chi connectivity index (χ0n) is 13.7. The predicted molar refractivity (Wildman–Crippen MR) is 96.5 cm³/mol. The van der Waals surface area contributed by atoms with E-state index in [1.54, 1.807) is 12.4 Å². The Morgan fingerprint density at radius 1 is 0.808 bits per heavy atom. The fourth-order valence-corrected chi connectivity index (χ4v) is 2.29. The molecule has 0 spiro atoms. The zero-order valence-corrected chi connectivity index (χ0v) is 13.7. The molecule has 0 aliphatic rings. The maximum absolute atomic E-state index is 5.93. The molecular formula is C21H13N3O2. The number of hydrogen-bond donors (Lipinski definition) is 0. The average Bonchev–Trinajstić information content (AvgIpc) is 3.17. The third-order valence-corrected chi connectivity index (χ3v) is 3.49. The van der Waals surface area contributed by atoms with Crippen LogP contribution in [0.3, 0.4) is 0 Å². The number of benzene rings is 2. The molecule has 124 valence electrons. The van der Waals surface area contributed by atoms with Gasteiger partial charge in [-0.2, -0.15) is 0 Å². The Morgan fingerprint density at radius 2 is 1.65 bits per heavy atom. The molecule has 0 aliphatic carbocycles. The fourth-order valence-electron chi connectivity index (χ4n) is 2.29. The summed E-state index contributed by atoms with van der Waals surface area (Å²) in [5, 5.41) is 8.08. The molecular weight excluding hydrogens is 326 g/mol. The van der Waals surface area contributed by atoms with Crippen LogP contribution in [0.1, 0.15) is 11.5 Å². The molecule has 0 bridgehead atoms. The lowest BCUT2D eigenvalue weighted by Gasteiger charge is -2.08. The first-order valence-corrected chi connectivity index (χ1v) is 7.96. The molecule has 0 atom stereocenters. The molecule has 2 heterocycles. The van der Waals surface area contributed by atoms with Gasteiger partial charge in [-0.15, -0.1) is 5.10 Å². The van der Waals surface area contributed by atoms with Gasteiger partial charge in [0.25, 0.3) is 11.8 Å². The van der Waals surface area contributed by atoms with Gasteiger partial charge in [0.2, 0.25) is 0 Å². The van der Waals surface area contributed by atoms with Crippen molar-refractivity contribution in [2.24, 2.45) is 0 Å². The van der Waals surface area contributed by atoms with Crippen LogP contribution in [0.5, 0.6) is 11.5 Å². The van der Waals surface area contributed by atoms with E-state index >= 15 is 0 Å². The fraction of sp³-hybridized carbons (Fsp3) is 0. The summed E-state index contributed by atoms with van der Waals surface area (Å²) < 4.78 is 11.6. The maximum atomic E-state index is 5.93. The van der Waals surface area contributed by atoms with Gasteiger partial charge in [0.15, 0.2) is 0 Å². The maximum Gasteiger partial charge on any atom is 0.294 e. The van der Waals surface area contributed by atoms with Crippen LogP contribution in [0, 0.1) is 11.8 Å². The van der Waals surface area contributed by atoms with Crippen molar-refractivity contribution >= 4 is 0 Å². The smallest absolute Gasteiger partial charge is 0.294 e. The summed E-state index contributed by atoms with van der Waals surface area (Å²) in [6, 6.07) is 20.7. The number of pyridine rings is 1. The summed E-state index contributed by atoms with van der Waals surface area (Å²) in [7, 11) is 0. The molecule has 0 saturated carbocycles. The van der Waals surface area contributed by atoms with Gasteiger partial charge in [0.1, 0.15) is 11.5 Å². The first-order valence-electron chi connectivity index (χ1n) is 7.96. The van der Waals surface area contributed by atoms with Gasteiger partial charge in [0, 0.05) is 18.0 Å². The average molecular weight is 339 g/mol. The first-order chi connectivity index (χ1) is 12.9. The Bertz CT molecular complexity index is 1060. The van der Waals surface area contributed by atoms with E-state index in [0.717, 1.165) is 11.3 Å². The first kappa shape index (κ1) is 15.6. The summed E-state index contributed by atoms with van der Waals surface area (Å²) in [4.78, 5) is 4.02. The Morgan fingerprint density at radius 3 is 2.50 bits per heavy atom. The quantitative estimate of drug-likeness (QED) is 0.520. The van der Waals surface area contributed by atoms with Crippen LogP contribution < -0.4 is 4.74 Å². The minimum Gasteiger partial charge on any atom is -0.457 e. The number of aromatic nitrogens is 3. The van der Waals surface area contributed by atoms with Crippen molar-refractivity contribution in [3.05, 3.63) is 90.6 Å². The molecule has 4 aromatic rings. The monoisotopic (exact) mass is 339 g/mol. The Balaban J connectivity index is 1.61. The van der Waals surface area contributed by atoms with Crippen molar-refractivity contribution in [1.82, 2.24) is 15.2 Å². The van der Waals surface area contributed by atoms with Crippen molar-refractivity contribution in [2.45, 2.75) is 0 Å². The molecule has 4 rings (SSSR count). The summed E-state index contributed by atoms with van der Waals surface area (Å²) in [6.07, 6.45) is 3.37. The Kier molecular flexibility index (Phi) is 4.40. The summed E-state index contributed by atoms with van der Waals surface area (Å²) >= 11 is 0. The van der Waals surface area contributed by atoms with Crippen molar-refractivity contribution in [3.63, 3.8) is 0 Å². The van der Waals surface area contributed by atoms with Crippen LogP contribution in [0.2, 0.25) is 0 Å². The van der Waals surface area contributed by atoms with E-state index in [0.29, 0.717) is 17.2 Å². The molecule has 0 N–H and O–H groups in total. The van der Waals surface area contributed by atoms with E-state index in [-0.39, 0.29) is 5.89 Å². The largest absolute Gasteiger partial charge is 0.457 e. The second-order valence-corrected chi connectivity index (χ2v) is 5.32. The van der Waals surface area contributed by atoms with Crippen LogP contribution in [0.15, 0.2) is 83.5 Å². The second kappa shape index (κ2) is 7.32. The van der Waals surface area contributed by atoms with E-state index in [1.807, 2.05) is 66.7 Å². The highest BCUT2D eigenvalue weighted by molar-refractivity contribution is 5.63. The number of para-hydroxylation sites is 2. The van der Waals surface area contributed by atoms with Gasteiger partial charge in [-0.05, 0) is 42.3 Å². The molecule has 0 saturated heterocycles. The second-order valence-electron chi connectivity index (χ2n) is 5.32. The van der Waals surface area contributed by atoms with E-state index in [2.05, 4.69) is 27.0 Å². The normalized spacial score (nSPS) is 10.0. The molecule has 0 aliphatic heterocycles. The molecule has 0 amide bonds.